The molecule has 2 heterocycles. The second-order valence-electron chi connectivity index (χ2n) is 6.80. The smallest absolute Gasteiger partial charge is 0.162 e. The van der Waals surface area contributed by atoms with Gasteiger partial charge in [0.25, 0.3) is 0 Å². The number of hydrogen-bond acceptors (Lipinski definition) is 2. The summed E-state index contributed by atoms with van der Waals surface area (Å²) < 4.78 is 12.6. The summed E-state index contributed by atoms with van der Waals surface area (Å²) in [5.74, 6) is 1.95. The van der Waals surface area contributed by atoms with Crippen molar-refractivity contribution < 1.29 is 9.47 Å². The van der Waals surface area contributed by atoms with E-state index in [2.05, 4.69) is 32.9 Å². The molecule has 4 rings (SSSR count). The van der Waals surface area contributed by atoms with Gasteiger partial charge in [0, 0.05) is 17.3 Å². The van der Waals surface area contributed by atoms with E-state index in [1.807, 2.05) is 0 Å². The number of fused-ring (bicyclic) bond motifs is 1. The average molecular weight is 234 g/mol. The second-order valence-corrected chi connectivity index (χ2v) is 6.80. The molecule has 0 unspecified atom stereocenters. The molecule has 3 bridgehead atoms. The summed E-state index contributed by atoms with van der Waals surface area (Å²) in [6.07, 6.45) is 8.72. The molecule has 0 aromatic heterocycles. The minimum absolute atomic E-state index is 0.0283. The van der Waals surface area contributed by atoms with Crippen LogP contribution in [0.25, 0.3) is 0 Å². The van der Waals surface area contributed by atoms with E-state index in [0.717, 1.165) is 6.42 Å². The molecule has 0 aromatic carbocycles. The summed E-state index contributed by atoms with van der Waals surface area (Å²) in [5, 5.41) is 0. The molecule has 2 aliphatic heterocycles. The monoisotopic (exact) mass is 234 g/mol. The molecule has 3 fully saturated rings. The van der Waals surface area contributed by atoms with Crippen LogP contribution in [0.1, 0.15) is 40.0 Å². The van der Waals surface area contributed by atoms with Gasteiger partial charge in [0.05, 0.1) is 11.7 Å². The Morgan fingerprint density at radius 1 is 1.29 bits per heavy atom. The Balaban J connectivity index is 1.92. The van der Waals surface area contributed by atoms with Crippen LogP contribution in [0.15, 0.2) is 12.2 Å². The average Bonchev–Trinajstić information content (AvgIpc) is 2.47. The van der Waals surface area contributed by atoms with Gasteiger partial charge in [-0.05, 0) is 25.2 Å². The number of rotatable bonds is 0. The zero-order valence-electron chi connectivity index (χ0n) is 11.0. The topological polar surface area (TPSA) is 18.5 Å². The van der Waals surface area contributed by atoms with Crippen LogP contribution in [0.4, 0.5) is 0 Å². The van der Waals surface area contributed by atoms with Crippen molar-refractivity contribution in [1.29, 1.82) is 0 Å². The Hall–Kier alpha value is -0.340. The van der Waals surface area contributed by atoms with Gasteiger partial charge < -0.3 is 9.47 Å². The number of allylic oxidation sites excluding steroid dienone is 1. The first-order valence-electron chi connectivity index (χ1n) is 7.09. The summed E-state index contributed by atoms with van der Waals surface area (Å²) in [7, 11) is 0. The van der Waals surface area contributed by atoms with Gasteiger partial charge in [-0.25, -0.2) is 0 Å². The van der Waals surface area contributed by atoms with Crippen molar-refractivity contribution in [3.05, 3.63) is 12.2 Å². The predicted molar refractivity (Wildman–Crippen MR) is 65.4 cm³/mol. The highest BCUT2D eigenvalue weighted by Crippen LogP contribution is 2.67. The maximum atomic E-state index is 6.44. The van der Waals surface area contributed by atoms with Gasteiger partial charge in [0.15, 0.2) is 6.29 Å². The molecule has 1 saturated carbocycles. The Labute approximate surface area is 103 Å². The fourth-order valence-corrected chi connectivity index (χ4v) is 5.26. The molecule has 0 amide bonds. The van der Waals surface area contributed by atoms with E-state index < -0.39 is 0 Å². The molecule has 0 N–H and O–H groups in total. The standard InChI is InChI=1S/C15H22O2/c1-9-5-4-7-15-8-6-11-12(14(9,15)3)10(2)13(16-11)17-15/h4,7,9-13H,5-6,8H2,1-3H3/t9-,10+,11-,12-,13+,14-,15+/m0/s1. The van der Waals surface area contributed by atoms with E-state index in [-0.39, 0.29) is 17.3 Å². The third-order valence-corrected chi connectivity index (χ3v) is 6.34. The maximum absolute atomic E-state index is 6.44. The highest BCUT2D eigenvalue weighted by Gasteiger charge is 2.70. The Bertz CT molecular complexity index is 390. The van der Waals surface area contributed by atoms with Gasteiger partial charge in [-0.1, -0.05) is 32.9 Å². The van der Waals surface area contributed by atoms with Crippen LogP contribution in [0.5, 0.6) is 0 Å². The molecular weight excluding hydrogens is 212 g/mol. The second kappa shape index (κ2) is 2.97. The van der Waals surface area contributed by atoms with Gasteiger partial charge in [0.2, 0.25) is 0 Å². The SMILES string of the molecule is C[C@H]1[C@@H]2O[C@H]3CC[C@@]4(C=CC[C@H](C)[C@@]4(C)[C@@H]13)O2. The third kappa shape index (κ3) is 0.978. The summed E-state index contributed by atoms with van der Waals surface area (Å²) in [5.41, 5.74) is 0.247. The molecular formula is C15H22O2. The molecule has 94 valence electrons. The van der Waals surface area contributed by atoms with Crippen LogP contribution < -0.4 is 0 Å². The molecule has 0 radical (unpaired) electrons. The van der Waals surface area contributed by atoms with Crippen LogP contribution in [-0.2, 0) is 9.47 Å². The van der Waals surface area contributed by atoms with Crippen molar-refractivity contribution >= 4 is 0 Å². The summed E-state index contributed by atoms with van der Waals surface area (Å²) in [6.45, 7) is 7.18. The van der Waals surface area contributed by atoms with Crippen molar-refractivity contribution in [2.24, 2.45) is 23.2 Å². The van der Waals surface area contributed by atoms with Gasteiger partial charge in [-0.2, -0.15) is 0 Å². The van der Waals surface area contributed by atoms with Crippen LogP contribution >= 0.6 is 0 Å². The fourth-order valence-electron chi connectivity index (χ4n) is 5.26. The zero-order valence-corrected chi connectivity index (χ0v) is 11.0. The van der Waals surface area contributed by atoms with Gasteiger partial charge in [0.1, 0.15) is 0 Å². The lowest BCUT2D eigenvalue weighted by Crippen LogP contribution is -2.65. The molecule has 2 aliphatic carbocycles. The highest BCUT2D eigenvalue weighted by molar-refractivity contribution is 5.25. The van der Waals surface area contributed by atoms with Gasteiger partial charge in [-0.3, -0.25) is 0 Å². The number of hydrogen-bond donors (Lipinski definition) is 0. The normalized spacial score (nSPS) is 63.8. The lowest BCUT2D eigenvalue weighted by atomic mass is 9.47. The first-order chi connectivity index (χ1) is 8.08. The zero-order chi connectivity index (χ0) is 11.8. The predicted octanol–water partition coefficient (Wildman–Crippen LogP) is 3.13. The molecule has 2 heteroatoms. The quantitative estimate of drug-likeness (QED) is 0.599. The van der Waals surface area contributed by atoms with Crippen molar-refractivity contribution in [1.82, 2.24) is 0 Å². The minimum Gasteiger partial charge on any atom is -0.349 e. The van der Waals surface area contributed by atoms with Crippen molar-refractivity contribution in [2.75, 3.05) is 0 Å². The molecule has 2 saturated heterocycles. The van der Waals surface area contributed by atoms with Crippen LogP contribution in [0.2, 0.25) is 0 Å². The Morgan fingerprint density at radius 3 is 2.94 bits per heavy atom. The van der Waals surface area contributed by atoms with Crippen LogP contribution in [0.3, 0.4) is 0 Å². The summed E-state index contributed by atoms with van der Waals surface area (Å²) >= 11 is 0. The summed E-state index contributed by atoms with van der Waals surface area (Å²) in [6, 6.07) is 0. The molecule has 2 nitrogen and oxygen atoms in total. The van der Waals surface area contributed by atoms with E-state index in [9.17, 15) is 0 Å². The van der Waals surface area contributed by atoms with Gasteiger partial charge >= 0.3 is 0 Å². The Morgan fingerprint density at radius 2 is 2.12 bits per heavy atom. The lowest BCUT2D eigenvalue weighted by Gasteiger charge is -2.62. The van der Waals surface area contributed by atoms with Crippen molar-refractivity contribution in [3.8, 4) is 0 Å². The molecule has 7 atom stereocenters. The molecule has 0 spiro atoms. The third-order valence-electron chi connectivity index (χ3n) is 6.34. The minimum atomic E-state index is -0.0283. The van der Waals surface area contributed by atoms with Crippen molar-refractivity contribution in [3.63, 3.8) is 0 Å². The van der Waals surface area contributed by atoms with Crippen LogP contribution in [-0.4, -0.2) is 18.0 Å². The summed E-state index contributed by atoms with van der Waals surface area (Å²) in [4.78, 5) is 0. The van der Waals surface area contributed by atoms with E-state index in [1.54, 1.807) is 0 Å². The molecule has 17 heavy (non-hydrogen) atoms. The largest absolute Gasteiger partial charge is 0.349 e. The van der Waals surface area contributed by atoms with E-state index >= 15 is 0 Å². The van der Waals surface area contributed by atoms with E-state index in [4.69, 9.17) is 9.47 Å². The highest BCUT2D eigenvalue weighted by atomic mass is 16.7. The van der Waals surface area contributed by atoms with Gasteiger partial charge in [-0.15, -0.1) is 0 Å². The fraction of sp³-hybridized carbons (Fsp3) is 0.867. The van der Waals surface area contributed by atoms with E-state index in [1.165, 1.54) is 12.8 Å². The van der Waals surface area contributed by atoms with Crippen LogP contribution in [0, 0.1) is 23.2 Å². The van der Waals surface area contributed by atoms with Crippen molar-refractivity contribution in [2.45, 2.75) is 58.0 Å². The lowest BCUT2D eigenvalue weighted by molar-refractivity contribution is -0.258. The first kappa shape index (κ1) is 10.6. The first-order valence-corrected chi connectivity index (χ1v) is 7.09. The number of ether oxygens (including phenoxy) is 2. The van der Waals surface area contributed by atoms with E-state index in [0.29, 0.717) is 23.9 Å². The maximum Gasteiger partial charge on any atom is 0.162 e. The molecule has 0 aromatic rings. The Kier molecular flexibility index (Phi) is 1.85. The molecule has 4 aliphatic rings.